The Kier molecular flexibility index (Phi) is 4.92. The van der Waals surface area contributed by atoms with Gasteiger partial charge in [-0.05, 0) is 23.3 Å². The first kappa shape index (κ1) is 14.3. The standard InChI is InChI=1S/C14H14ClN3O2/c15-13-7-12(5-6-16-13)18-14(20)17-8-10-3-1-2-4-11(10)9-19/h1-7,19H,8-9H2,(H2,16,17,18,20). The van der Waals surface area contributed by atoms with Gasteiger partial charge in [-0.15, -0.1) is 0 Å². The number of nitrogens with one attached hydrogen (secondary N) is 2. The molecule has 0 aliphatic heterocycles. The number of benzene rings is 1. The van der Waals surface area contributed by atoms with Crippen LogP contribution in [0.25, 0.3) is 0 Å². The Hall–Kier alpha value is -2.11. The van der Waals surface area contributed by atoms with Gasteiger partial charge in [-0.25, -0.2) is 9.78 Å². The average Bonchev–Trinajstić information content (AvgIpc) is 2.45. The molecule has 0 bridgehead atoms. The topological polar surface area (TPSA) is 74.2 Å². The molecule has 0 radical (unpaired) electrons. The molecule has 6 heteroatoms. The van der Waals surface area contributed by atoms with E-state index in [9.17, 15) is 9.90 Å². The number of hydrogen-bond donors (Lipinski definition) is 3. The molecule has 2 amide bonds. The molecule has 0 atom stereocenters. The Bertz CT molecular complexity index is 604. The summed E-state index contributed by atoms with van der Waals surface area (Å²) in [7, 11) is 0. The molecule has 1 aromatic carbocycles. The van der Waals surface area contributed by atoms with Gasteiger partial charge in [0.25, 0.3) is 0 Å². The number of rotatable bonds is 4. The lowest BCUT2D eigenvalue weighted by Gasteiger charge is -2.10. The third-order valence-electron chi connectivity index (χ3n) is 2.71. The van der Waals surface area contributed by atoms with Gasteiger partial charge < -0.3 is 15.7 Å². The highest BCUT2D eigenvalue weighted by atomic mass is 35.5. The van der Waals surface area contributed by atoms with Crippen molar-refractivity contribution in [1.82, 2.24) is 10.3 Å². The van der Waals surface area contributed by atoms with E-state index in [2.05, 4.69) is 15.6 Å². The summed E-state index contributed by atoms with van der Waals surface area (Å²) in [6.45, 7) is 0.279. The summed E-state index contributed by atoms with van der Waals surface area (Å²) >= 11 is 5.73. The molecule has 0 saturated carbocycles. The van der Waals surface area contributed by atoms with Gasteiger partial charge in [0.2, 0.25) is 0 Å². The Morgan fingerprint density at radius 1 is 1.25 bits per heavy atom. The van der Waals surface area contributed by atoms with Crippen molar-refractivity contribution >= 4 is 23.3 Å². The quantitative estimate of drug-likeness (QED) is 0.758. The summed E-state index contributed by atoms with van der Waals surface area (Å²) in [5.74, 6) is 0. The normalized spacial score (nSPS) is 10.1. The van der Waals surface area contributed by atoms with Crippen LogP contribution < -0.4 is 10.6 Å². The van der Waals surface area contributed by atoms with Crippen molar-refractivity contribution in [2.75, 3.05) is 5.32 Å². The molecule has 0 aliphatic rings. The van der Waals surface area contributed by atoms with Crippen molar-refractivity contribution in [3.05, 3.63) is 58.9 Å². The minimum atomic E-state index is -0.347. The summed E-state index contributed by atoms with van der Waals surface area (Å²) < 4.78 is 0. The van der Waals surface area contributed by atoms with Gasteiger partial charge in [0.1, 0.15) is 5.15 Å². The second kappa shape index (κ2) is 6.88. The molecule has 0 aliphatic carbocycles. The average molecular weight is 292 g/mol. The van der Waals surface area contributed by atoms with E-state index in [-0.39, 0.29) is 12.6 Å². The molecule has 20 heavy (non-hydrogen) atoms. The number of aliphatic hydroxyl groups is 1. The minimum absolute atomic E-state index is 0.0561. The summed E-state index contributed by atoms with van der Waals surface area (Å²) in [4.78, 5) is 15.6. The lowest BCUT2D eigenvalue weighted by molar-refractivity contribution is 0.251. The van der Waals surface area contributed by atoms with Crippen molar-refractivity contribution in [2.24, 2.45) is 0 Å². The van der Waals surface area contributed by atoms with Gasteiger partial charge in [-0.1, -0.05) is 35.9 Å². The van der Waals surface area contributed by atoms with Crippen molar-refractivity contribution in [2.45, 2.75) is 13.2 Å². The van der Waals surface area contributed by atoms with Crippen LogP contribution in [0.2, 0.25) is 5.15 Å². The molecule has 2 aromatic rings. The van der Waals surface area contributed by atoms with Crippen molar-refractivity contribution in [3.63, 3.8) is 0 Å². The zero-order chi connectivity index (χ0) is 14.4. The Morgan fingerprint density at radius 3 is 2.70 bits per heavy atom. The van der Waals surface area contributed by atoms with E-state index in [0.717, 1.165) is 11.1 Å². The zero-order valence-electron chi connectivity index (χ0n) is 10.6. The van der Waals surface area contributed by atoms with Crippen LogP contribution in [0, 0.1) is 0 Å². The van der Waals surface area contributed by atoms with Crippen LogP contribution in [-0.4, -0.2) is 16.1 Å². The monoisotopic (exact) mass is 291 g/mol. The fourth-order valence-electron chi connectivity index (χ4n) is 1.72. The Morgan fingerprint density at radius 2 is 2.00 bits per heavy atom. The van der Waals surface area contributed by atoms with Crippen molar-refractivity contribution in [3.8, 4) is 0 Å². The number of aliphatic hydroxyl groups excluding tert-OH is 1. The van der Waals surface area contributed by atoms with Gasteiger partial charge in [0.15, 0.2) is 0 Å². The maximum atomic E-state index is 11.7. The first-order valence-electron chi connectivity index (χ1n) is 6.03. The highest BCUT2D eigenvalue weighted by Crippen LogP contribution is 2.12. The summed E-state index contributed by atoms with van der Waals surface area (Å²) in [5.41, 5.74) is 2.23. The molecule has 0 unspecified atom stereocenters. The molecule has 0 saturated heterocycles. The minimum Gasteiger partial charge on any atom is -0.392 e. The third-order valence-corrected chi connectivity index (χ3v) is 2.92. The second-order valence-electron chi connectivity index (χ2n) is 4.10. The maximum Gasteiger partial charge on any atom is 0.319 e. The van der Waals surface area contributed by atoms with Crippen molar-refractivity contribution < 1.29 is 9.90 Å². The van der Waals surface area contributed by atoms with Gasteiger partial charge >= 0.3 is 6.03 Å². The number of pyridine rings is 1. The number of carbonyl (C=O) groups excluding carboxylic acids is 1. The first-order valence-corrected chi connectivity index (χ1v) is 6.41. The lowest BCUT2D eigenvalue weighted by atomic mass is 10.1. The molecule has 3 N–H and O–H groups in total. The molecule has 1 heterocycles. The molecule has 0 spiro atoms. The van der Waals surface area contributed by atoms with Crippen LogP contribution in [-0.2, 0) is 13.2 Å². The third kappa shape index (κ3) is 3.94. The van der Waals surface area contributed by atoms with Crippen LogP contribution in [0.3, 0.4) is 0 Å². The van der Waals surface area contributed by atoms with Gasteiger partial charge in [-0.3, -0.25) is 0 Å². The van der Waals surface area contributed by atoms with Gasteiger partial charge in [0.05, 0.1) is 6.61 Å². The summed E-state index contributed by atoms with van der Waals surface area (Å²) in [6.07, 6.45) is 1.51. The molecule has 1 aromatic heterocycles. The van der Waals surface area contributed by atoms with Crippen LogP contribution in [0.4, 0.5) is 10.5 Å². The van der Waals surface area contributed by atoms with E-state index in [1.54, 1.807) is 12.1 Å². The molecular formula is C14H14ClN3O2. The molecule has 104 valence electrons. The molecule has 5 nitrogen and oxygen atoms in total. The number of amides is 2. The molecule has 0 fully saturated rings. The van der Waals surface area contributed by atoms with E-state index >= 15 is 0 Å². The summed E-state index contributed by atoms with van der Waals surface area (Å²) in [5, 5.41) is 14.9. The van der Waals surface area contributed by atoms with Crippen LogP contribution in [0.1, 0.15) is 11.1 Å². The number of anilines is 1. The van der Waals surface area contributed by atoms with E-state index < -0.39 is 0 Å². The highest BCUT2D eigenvalue weighted by Gasteiger charge is 2.05. The Labute approximate surface area is 121 Å². The fraction of sp³-hybridized carbons (Fsp3) is 0.143. The fourth-order valence-corrected chi connectivity index (χ4v) is 1.89. The smallest absolute Gasteiger partial charge is 0.319 e. The van der Waals surface area contributed by atoms with Crippen LogP contribution >= 0.6 is 11.6 Å². The number of nitrogens with zero attached hydrogens (tertiary/aromatic N) is 1. The van der Waals surface area contributed by atoms with E-state index in [1.165, 1.54) is 6.20 Å². The number of carbonyl (C=O) groups is 1. The largest absolute Gasteiger partial charge is 0.392 e. The predicted molar refractivity (Wildman–Crippen MR) is 77.5 cm³/mol. The number of aromatic nitrogens is 1. The van der Waals surface area contributed by atoms with Crippen LogP contribution in [0.15, 0.2) is 42.6 Å². The molecular weight excluding hydrogens is 278 g/mol. The number of urea groups is 1. The predicted octanol–water partition coefficient (Wildman–Crippen LogP) is 2.55. The SMILES string of the molecule is O=C(NCc1ccccc1CO)Nc1ccnc(Cl)c1. The maximum absolute atomic E-state index is 11.7. The summed E-state index contributed by atoms with van der Waals surface area (Å²) in [6, 6.07) is 10.2. The van der Waals surface area contributed by atoms with E-state index in [1.807, 2.05) is 24.3 Å². The number of halogens is 1. The van der Waals surface area contributed by atoms with Gasteiger partial charge in [0, 0.05) is 18.4 Å². The highest BCUT2D eigenvalue weighted by molar-refractivity contribution is 6.29. The number of hydrogen-bond acceptors (Lipinski definition) is 3. The van der Waals surface area contributed by atoms with E-state index in [0.29, 0.717) is 17.4 Å². The first-order chi connectivity index (χ1) is 9.69. The second-order valence-corrected chi connectivity index (χ2v) is 4.49. The molecule has 2 rings (SSSR count). The van der Waals surface area contributed by atoms with E-state index in [4.69, 9.17) is 11.6 Å². The van der Waals surface area contributed by atoms with Crippen LogP contribution in [0.5, 0.6) is 0 Å². The Balaban J connectivity index is 1.92. The van der Waals surface area contributed by atoms with Gasteiger partial charge in [-0.2, -0.15) is 0 Å². The lowest BCUT2D eigenvalue weighted by Crippen LogP contribution is -2.28. The zero-order valence-corrected chi connectivity index (χ0v) is 11.4. The van der Waals surface area contributed by atoms with Crippen molar-refractivity contribution in [1.29, 1.82) is 0 Å².